The maximum Gasteiger partial charge on any atom is 0.202 e. The van der Waals surface area contributed by atoms with Crippen molar-refractivity contribution in [3.63, 3.8) is 0 Å². The summed E-state index contributed by atoms with van der Waals surface area (Å²) in [6.45, 7) is 0.783. The highest BCUT2D eigenvalue weighted by atomic mass is 16.5. The highest BCUT2D eigenvalue weighted by Crippen LogP contribution is 2.22. The van der Waals surface area contributed by atoms with Crippen LogP contribution in [0.1, 0.15) is 11.6 Å². The standard InChI is InChI=1S/C15H22N4O/c1-18(2)14(11-17-15-16-8-9-19(15)3)12-6-5-7-13(10-12)20-4/h5-10,14H,11H2,1-4H3,(H,16,17). The molecule has 1 N–H and O–H groups in total. The van der Waals surface area contributed by atoms with Crippen molar-refractivity contribution in [3.8, 4) is 5.75 Å². The highest BCUT2D eigenvalue weighted by molar-refractivity contribution is 5.33. The van der Waals surface area contributed by atoms with Gasteiger partial charge in [0.2, 0.25) is 5.95 Å². The third-order valence-electron chi connectivity index (χ3n) is 3.38. The zero-order valence-corrected chi connectivity index (χ0v) is 12.5. The van der Waals surface area contributed by atoms with Gasteiger partial charge in [-0.2, -0.15) is 0 Å². The maximum absolute atomic E-state index is 5.30. The van der Waals surface area contributed by atoms with E-state index in [0.29, 0.717) is 0 Å². The molecular formula is C15H22N4O. The first kappa shape index (κ1) is 14.4. The van der Waals surface area contributed by atoms with Crippen molar-refractivity contribution in [3.05, 3.63) is 42.2 Å². The van der Waals surface area contributed by atoms with Crippen LogP contribution in [0.4, 0.5) is 5.95 Å². The van der Waals surface area contributed by atoms with Crippen molar-refractivity contribution < 1.29 is 4.74 Å². The zero-order chi connectivity index (χ0) is 14.5. The average Bonchev–Trinajstić information content (AvgIpc) is 2.84. The van der Waals surface area contributed by atoms with Crippen LogP contribution in [0, 0.1) is 0 Å². The second kappa shape index (κ2) is 6.43. The van der Waals surface area contributed by atoms with Crippen molar-refractivity contribution in [2.45, 2.75) is 6.04 Å². The van der Waals surface area contributed by atoms with Crippen LogP contribution in [-0.2, 0) is 7.05 Å². The summed E-state index contributed by atoms with van der Waals surface area (Å²) >= 11 is 0. The number of rotatable bonds is 6. The van der Waals surface area contributed by atoms with E-state index in [1.54, 1.807) is 13.3 Å². The number of nitrogens with one attached hydrogen (secondary N) is 1. The summed E-state index contributed by atoms with van der Waals surface area (Å²) in [6, 6.07) is 8.42. The molecule has 0 spiro atoms. The van der Waals surface area contributed by atoms with E-state index >= 15 is 0 Å². The van der Waals surface area contributed by atoms with Crippen LogP contribution in [0.3, 0.4) is 0 Å². The fourth-order valence-corrected chi connectivity index (χ4v) is 2.17. The fourth-order valence-electron chi connectivity index (χ4n) is 2.17. The van der Waals surface area contributed by atoms with Gasteiger partial charge in [-0.15, -0.1) is 0 Å². The molecule has 0 saturated heterocycles. The Morgan fingerprint density at radius 3 is 2.80 bits per heavy atom. The predicted molar refractivity (Wildman–Crippen MR) is 81.1 cm³/mol. The van der Waals surface area contributed by atoms with Gasteiger partial charge >= 0.3 is 0 Å². The van der Waals surface area contributed by atoms with E-state index in [9.17, 15) is 0 Å². The Hall–Kier alpha value is -2.01. The van der Waals surface area contributed by atoms with E-state index in [-0.39, 0.29) is 6.04 Å². The van der Waals surface area contributed by atoms with Gasteiger partial charge in [-0.05, 0) is 31.8 Å². The second-order valence-corrected chi connectivity index (χ2v) is 5.00. The lowest BCUT2D eigenvalue weighted by Crippen LogP contribution is -2.27. The lowest BCUT2D eigenvalue weighted by molar-refractivity contribution is 0.310. The number of benzene rings is 1. The number of aryl methyl sites for hydroxylation is 1. The molecule has 0 saturated carbocycles. The molecule has 0 aliphatic carbocycles. The second-order valence-electron chi connectivity index (χ2n) is 5.00. The number of ether oxygens (including phenoxy) is 1. The van der Waals surface area contributed by atoms with Crippen molar-refractivity contribution in [2.24, 2.45) is 7.05 Å². The van der Waals surface area contributed by atoms with E-state index in [0.717, 1.165) is 18.2 Å². The topological polar surface area (TPSA) is 42.3 Å². The maximum atomic E-state index is 5.30. The van der Waals surface area contributed by atoms with Crippen LogP contribution in [0.5, 0.6) is 5.75 Å². The number of aromatic nitrogens is 2. The molecule has 1 atom stereocenters. The molecule has 2 aromatic rings. The number of methoxy groups -OCH3 is 1. The number of anilines is 1. The quantitative estimate of drug-likeness (QED) is 0.876. The fraction of sp³-hybridized carbons (Fsp3) is 0.400. The summed E-state index contributed by atoms with van der Waals surface area (Å²) in [5, 5.41) is 3.38. The third-order valence-corrected chi connectivity index (χ3v) is 3.38. The molecule has 5 nitrogen and oxygen atoms in total. The summed E-state index contributed by atoms with van der Waals surface area (Å²) < 4.78 is 7.27. The smallest absolute Gasteiger partial charge is 0.202 e. The number of hydrogen-bond acceptors (Lipinski definition) is 4. The van der Waals surface area contributed by atoms with Crippen LogP contribution in [0.2, 0.25) is 0 Å². The molecular weight excluding hydrogens is 252 g/mol. The minimum Gasteiger partial charge on any atom is -0.497 e. The first-order valence-electron chi connectivity index (χ1n) is 6.63. The molecule has 20 heavy (non-hydrogen) atoms. The number of likely N-dealkylation sites (N-methyl/N-ethyl adjacent to an activating group) is 1. The molecule has 1 aromatic carbocycles. The minimum atomic E-state index is 0.252. The summed E-state index contributed by atoms with van der Waals surface area (Å²) in [5.74, 6) is 1.76. The van der Waals surface area contributed by atoms with Gasteiger partial charge in [0.1, 0.15) is 5.75 Å². The summed E-state index contributed by atoms with van der Waals surface area (Å²) in [7, 11) is 7.82. The Morgan fingerprint density at radius 2 is 2.20 bits per heavy atom. The Bertz CT molecular complexity index is 550. The lowest BCUT2D eigenvalue weighted by atomic mass is 10.1. The average molecular weight is 274 g/mol. The monoisotopic (exact) mass is 274 g/mol. The zero-order valence-electron chi connectivity index (χ0n) is 12.5. The molecule has 2 rings (SSSR count). The molecule has 0 bridgehead atoms. The van der Waals surface area contributed by atoms with Crippen LogP contribution >= 0.6 is 0 Å². The van der Waals surface area contributed by atoms with Gasteiger partial charge in [0.15, 0.2) is 0 Å². The molecule has 0 aliphatic rings. The molecule has 0 amide bonds. The molecule has 5 heteroatoms. The minimum absolute atomic E-state index is 0.252. The lowest BCUT2D eigenvalue weighted by Gasteiger charge is -2.25. The summed E-state index contributed by atoms with van der Waals surface area (Å²) in [4.78, 5) is 6.47. The molecule has 0 fully saturated rings. The van der Waals surface area contributed by atoms with Gasteiger partial charge in [0, 0.05) is 26.0 Å². The summed E-state index contributed by atoms with van der Waals surface area (Å²) in [6.07, 6.45) is 3.72. The van der Waals surface area contributed by atoms with Gasteiger partial charge in [0.25, 0.3) is 0 Å². The SMILES string of the molecule is COc1cccc(C(CNc2nccn2C)N(C)C)c1. The molecule has 0 aliphatic heterocycles. The predicted octanol–water partition coefficient (Wildman–Crippen LogP) is 2.14. The van der Waals surface area contributed by atoms with Crippen molar-refractivity contribution in [1.29, 1.82) is 0 Å². The van der Waals surface area contributed by atoms with Gasteiger partial charge in [-0.1, -0.05) is 12.1 Å². The van der Waals surface area contributed by atoms with Crippen molar-refractivity contribution in [1.82, 2.24) is 14.5 Å². The highest BCUT2D eigenvalue weighted by Gasteiger charge is 2.15. The van der Waals surface area contributed by atoms with Crippen LogP contribution < -0.4 is 10.1 Å². The first-order valence-corrected chi connectivity index (χ1v) is 6.63. The largest absolute Gasteiger partial charge is 0.497 e. The first-order chi connectivity index (χ1) is 9.61. The van der Waals surface area contributed by atoms with Gasteiger partial charge in [-0.25, -0.2) is 4.98 Å². The number of nitrogens with zero attached hydrogens (tertiary/aromatic N) is 3. The van der Waals surface area contributed by atoms with E-state index in [2.05, 4.69) is 41.4 Å². The normalized spacial score (nSPS) is 12.4. The molecule has 1 heterocycles. The Kier molecular flexibility index (Phi) is 4.63. The van der Waals surface area contributed by atoms with Gasteiger partial charge in [0.05, 0.1) is 13.2 Å². The summed E-state index contributed by atoms with van der Waals surface area (Å²) in [5.41, 5.74) is 1.22. The van der Waals surface area contributed by atoms with E-state index in [1.165, 1.54) is 5.56 Å². The molecule has 1 unspecified atom stereocenters. The molecule has 1 aromatic heterocycles. The van der Waals surface area contributed by atoms with Gasteiger partial charge in [-0.3, -0.25) is 0 Å². The van der Waals surface area contributed by atoms with E-state index in [1.807, 2.05) is 29.9 Å². The number of imidazole rings is 1. The van der Waals surface area contributed by atoms with Crippen LogP contribution in [-0.4, -0.2) is 42.2 Å². The van der Waals surface area contributed by atoms with Crippen LogP contribution in [0.15, 0.2) is 36.7 Å². The molecule has 0 radical (unpaired) electrons. The van der Waals surface area contributed by atoms with Crippen LogP contribution in [0.25, 0.3) is 0 Å². The third kappa shape index (κ3) is 3.30. The van der Waals surface area contributed by atoms with Gasteiger partial charge < -0.3 is 19.5 Å². The Labute approximate surface area is 120 Å². The number of hydrogen-bond donors (Lipinski definition) is 1. The molecule has 108 valence electrons. The van der Waals surface area contributed by atoms with Crippen molar-refractivity contribution in [2.75, 3.05) is 33.1 Å². The van der Waals surface area contributed by atoms with E-state index in [4.69, 9.17) is 4.74 Å². The van der Waals surface area contributed by atoms with E-state index < -0.39 is 0 Å². The van der Waals surface area contributed by atoms with Crippen molar-refractivity contribution >= 4 is 5.95 Å². The Balaban J connectivity index is 2.12. The Morgan fingerprint density at radius 1 is 1.40 bits per heavy atom.